The molecular formula is C13H8BrF3N2O. The Morgan fingerprint density at radius 3 is 2.20 bits per heavy atom. The van der Waals surface area contributed by atoms with Crippen molar-refractivity contribution in [1.82, 2.24) is 0 Å². The normalized spacial score (nSPS) is 10.4. The Morgan fingerprint density at radius 1 is 1.05 bits per heavy atom. The molecule has 104 valence electrons. The Morgan fingerprint density at radius 2 is 1.65 bits per heavy atom. The van der Waals surface area contributed by atoms with E-state index < -0.39 is 29.0 Å². The van der Waals surface area contributed by atoms with E-state index in [1.807, 2.05) is 0 Å². The summed E-state index contributed by atoms with van der Waals surface area (Å²) < 4.78 is 40.3. The van der Waals surface area contributed by atoms with Crippen molar-refractivity contribution in [3.05, 3.63) is 57.8 Å². The number of carbonyl (C=O) groups is 1. The zero-order valence-electron chi connectivity index (χ0n) is 9.88. The van der Waals surface area contributed by atoms with E-state index in [9.17, 15) is 18.0 Å². The third-order valence-corrected chi connectivity index (χ3v) is 2.96. The predicted molar refractivity (Wildman–Crippen MR) is 72.8 cm³/mol. The number of hydrogen-bond acceptors (Lipinski definition) is 2. The van der Waals surface area contributed by atoms with Crippen molar-refractivity contribution in [1.29, 1.82) is 0 Å². The molecule has 2 rings (SSSR count). The molecule has 3 N–H and O–H groups in total. The van der Waals surface area contributed by atoms with E-state index in [1.54, 1.807) is 0 Å². The molecule has 7 heteroatoms. The molecule has 0 spiro atoms. The SMILES string of the molecule is Nc1cc(C(=O)Nc2c(F)cc(Br)cc2F)ccc1F. The fourth-order valence-corrected chi connectivity index (χ4v) is 1.93. The van der Waals surface area contributed by atoms with Crippen molar-refractivity contribution in [2.45, 2.75) is 0 Å². The zero-order valence-corrected chi connectivity index (χ0v) is 11.5. The molecule has 0 radical (unpaired) electrons. The third-order valence-electron chi connectivity index (χ3n) is 2.50. The van der Waals surface area contributed by atoms with Crippen molar-refractivity contribution < 1.29 is 18.0 Å². The van der Waals surface area contributed by atoms with E-state index in [4.69, 9.17) is 5.73 Å². The molecule has 2 aromatic carbocycles. The monoisotopic (exact) mass is 344 g/mol. The summed E-state index contributed by atoms with van der Waals surface area (Å²) in [4.78, 5) is 11.8. The standard InChI is InChI=1S/C13H8BrF3N2O/c14-7-4-9(16)12(10(17)5-7)19-13(20)6-1-2-8(15)11(18)3-6/h1-5H,18H2,(H,19,20). The molecule has 0 unspecified atom stereocenters. The second-order valence-corrected chi connectivity index (χ2v) is 4.85. The van der Waals surface area contributed by atoms with Crippen LogP contribution in [0.2, 0.25) is 0 Å². The molecule has 0 saturated carbocycles. The van der Waals surface area contributed by atoms with Crippen molar-refractivity contribution in [2.75, 3.05) is 11.1 Å². The van der Waals surface area contributed by atoms with Gasteiger partial charge in [0, 0.05) is 10.0 Å². The summed E-state index contributed by atoms with van der Waals surface area (Å²) in [5.41, 5.74) is 4.50. The van der Waals surface area contributed by atoms with Gasteiger partial charge < -0.3 is 11.1 Å². The Bertz CT molecular complexity index is 668. The first-order valence-corrected chi connectivity index (χ1v) is 6.18. The van der Waals surface area contributed by atoms with Gasteiger partial charge in [0.1, 0.15) is 11.5 Å². The average molecular weight is 345 g/mol. The number of amides is 1. The van der Waals surface area contributed by atoms with Crippen LogP contribution in [0.4, 0.5) is 24.5 Å². The smallest absolute Gasteiger partial charge is 0.255 e. The first kappa shape index (κ1) is 14.4. The number of nitrogens with two attached hydrogens (primary N) is 1. The third kappa shape index (κ3) is 2.93. The van der Waals surface area contributed by atoms with Crippen LogP contribution >= 0.6 is 15.9 Å². The van der Waals surface area contributed by atoms with Gasteiger partial charge in [-0.3, -0.25) is 4.79 Å². The second kappa shape index (κ2) is 5.54. The Labute approximate surface area is 120 Å². The van der Waals surface area contributed by atoms with Gasteiger partial charge in [-0.15, -0.1) is 0 Å². The zero-order chi connectivity index (χ0) is 14.9. The van der Waals surface area contributed by atoms with Gasteiger partial charge in [-0.2, -0.15) is 0 Å². The number of benzene rings is 2. The molecule has 0 fully saturated rings. The predicted octanol–water partition coefficient (Wildman–Crippen LogP) is 3.70. The van der Waals surface area contributed by atoms with Gasteiger partial charge >= 0.3 is 0 Å². The Kier molecular flexibility index (Phi) is 3.99. The van der Waals surface area contributed by atoms with Gasteiger partial charge in [0.2, 0.25) is 0 Å². The lowest BCUT2D eigenvalue weighted by Gasteiger charge is -2.09. The van der Waals surface area contributed by atoms with Crippen molar-refractivity contribution in [2.24, 2.45) is 0 Å². The molecule has 0 aliphatic rings. The molecular weight excluding hydrogens is 337 g/mol. The molecule has 0 heterocycles. The number of nitrogen functional groups attached to an aromatic ring is 1. The number of halogens is 4. The first-order valence-electron chi connectivity index (χ1n) is 5.39. The minimum absolute atomic E-state index is 0.00869. The van der Waals surface area contributed by atoms with Crippen LogP contribution in [0.25, 0.3) is 0 Å². The molecule has 1 amide bonds. The molecule has 0 aliphatic heterocycles. The summed E-state index contributed by atoms with van der Waals surface area (Å²) in [6.45, 7) is 0. The van der Waals surface area contributed by atoms with Gasteiger partial charge in [0.25, 0.3) is 5.91 Å². The van der Waals surface area contributed by atoms with E-state index in [0.29, 0.717) is 0 Å². The van der Waals surface area contributed by atoms with E-state index in [1.165, 1.54) is 0 Å². The maximum Gasteiger partial charge on any atom is 0.255 e. The molecule has 20 heavy (non-hydrogen) atoms. The van der Waals surface area contributed by atoms with Crippen LogP contribution in [0.5, 0.6) is 0 Å². The van der Waals surface area contributed by atoms with E-state index in [2.05, 4.69) is 21.2 Å². The quantitative estimate of drug-likeness (QED) is 0.816. The molecule has 0 bridgehead atoms. The summed E-state index contributed by atoms with van der Waals surface area (Å²) in [5.74, 6) is -3.33. The summed E-state index contributed by atoms with van der Waals surface area (Å²) in [6, 6.07) is 5.27. The highest BCUT2D eigenvalue weighted by Crippen LogP contribution is 2.24. The molecule has 0 atom stereocenters. The van der Waals surface area contributed by atoms with Crippen molar-refractivity contribution in [3.63, 3.8) is 0 Å². The second-order valence-electron chi connectivity index (χ2n) is 3.93. The number of rotatable bonds is 2. The number of nitrogens with one attached hydrogen (secondary N) is 1. The van der Waals surface area contributed by atoms with Crippen molar-refractivity contribution in [3.8, 4) is 0 Å². The number of anilines is 2. The summed E-state index contributed by atoms with van der Waals surface area (Å²) in [7, 11) is 0. The maximum atomic E-state index is 13.6. The molecule has 0 aliphatic carbocycles. The van der Waals surface area contributed by atoms with Crippen molar-refractivity contribution >= 4 is 33.2 Å². The lowest BCUT2D eigenvalue weighted by Crippen LogP contribution is -2.15. The fraction of sp³-hybridized carbons (Fsp3) is 0. The van der Waals surface area contributed by atoms with Crippen LogP contribution < -0.4 is 11.1 Å². The van der Waals surface area contributed by atoms with Gasteiger partial charge in [-0.25, -0.2) is 13.2 Å². The number of hydrogen-bond donors (Lipinski definition) is 2. The van der Waals surface area contributed by atoms with Gasteiger partial charge in [-0.05, 0) is 30.3 Å². The van der Waals surface area contributed by atoms with Crippen LogP contribution in [0.15, 0.2) is 34.8 Å². The van der Waals surface area contributed by atoms with Gasteiger partial charge in [0.05, 0.1) is 5.69 Å². The minimum atomic E-state index is -0.930. The topological polar surface area (TPSA) is 55.1 Å². The average Bonchev–Trinajstić information content (AvgIpc) is 2.36. The van der Waals surface area contributed by atoms with E-state index in [0.717, 1.165) is 30.3 Å². The maximum absolute atomic E-state index is 13.6. The lowest BCUT2D eigenvalue weighted by atomic mass is 10.1. The van der Waals surface area contributed by atoms with E-state index in [-0.39, 0.29) is 15.7 Å². The Hall–Kier alpha value is -2.02. The highest BCUT2D eigenvalue weighted by Gasteiger charge is 2.15. The fourth-order valence-electron chi connectivity index (χ4n) is 1.53. The molecule has 3 nitrogen and oxygen atoms in total. The van der Waals surface area contributed by atoms with Gasteiger partial charge in [-0.1, -0.05) is 15.9 Å². The largest absolute Gasteiger partial charge is 0.396 e. The van der Waals surface area contributed by atoms with Crippen LogP contribution in [-0.4, -0.2) is 5.91 Å². The Balaban J connectivity index is 2.30. The molecule has 0 saturated heterocycles. The lowest BCUT2D eigenvalue weighted by molar-refractivity contribution is 0.102. The summed E-state index contributed by atoms with van der Waals surface area (Å²) in [5, 5.41) is 2.08. The number of carbonyl (C=O) groups excluding carboxylic acids is 1. The first-order chi connectivity index (χ1) is 9.38. The van der Waals surface area contributed by atoms with Crippen LogP contribution in [-0.2, 0) is 0 Å². The van der Waals surface area contributed by atoms with E-state index >= 15 is 0 Å². The molecule has 2 aromatic rings. The summed E-state index contributed by atoms with van der Waals surface area (Å²) >= 11 is 2.92. The summed E-state index contributed by atoms with van der Waals surface area (Å²) in [6.07, 6.45) is 0. The molecule has 0 aromatic heterocycles. The van der Waals surface area contributed by atoms with Crippen LogP contribution in [0, 0.1) is 17.5 Å². The van der Waals surface area contributed by atoms with Crippen LogP contribution in [0.3, 0.4) is 0 Å². The highest BCUT2D eigenvalue weighted by atomic mass is 79.9. The highest BCUT2D eigenvalue weighted by molar-refractivity contribution is 9.10. The van der Waals surface area contributed by atoms with Gasteiger partial charge in [0.15, 0.2) is 11.6 Å². The van der Waals surface area contributed by atoms with Crippen LogP contribution in [0.1, 0.15) is 10.4 Å². The minimum Gasteiger partial charge on any atom is -0.396 e.